The van der Waals surface area contributed by atoms with Gasteiger partial charge in [0, 0.05) is 22.3 Å². The van der Waals surface area contributed by atoms with Gasteiger partial charge >= 0.3 is 0 Å². The minimum Gasteiger partial charge on any atom is -0.253 e. The Labute approximate surface area is 92.3 Å². The monoisotopic (exact) mass is 249 g/mol. The number of pyridine rings is 1. The third kappa shape index (κ3) is 1.80. The van der Waals surface area contributed by atoms with E-state index in [1.54, 1.807) is 0 Å². The minimum atomic E-state index is 0.472. The molecule has 1 nitrogen and oxygen atoms in total. The van der Waals surface area contributed by atoms with Gasteiger partial charge in [-0.25, -0.2) is 0 Å². The van der Waals surface area contributed by atoms with Gasteiger partial charge in [0.1, 0.15) is 0 Å². The number of nitrogens with zero attached hydrogens (tertiary/aromatic N) is 1. The van der Waals surface area contributed by atoms with Gasteiger partial charge in [0.15, 0.2) is 0 Å². The Morgan fingerprint density at radius 1 is 1.21 bits per heavy atom. The highest BCUT2D eigenvalue weighted by Gasteiger charge is 2.05. The molecular weight excluding hydrogens is 238 g/mol. The lowest BCUT2D eigenvalue weighted by atomic mass is 10.1. The molecule has 1 unspecified atom stereocenters. The van der Waals surface area contributed by atoms with Crippen LogP contribution in [-0.2, 0) is 0 Å². The molecule has 72 valence electrons. The molecular formula is C12H12BrN. The zero-order chi connectivity index (χ0) is 9.97. The number of halogens is 1. The summed E-state index contributed by atoms with van der Waals surface area (Å²) in [6.07, 6.45) is 0. The molecule has 1 aromatic carbocycles. The Balaban J connectivity index is 2.51. The zero-order valence-corrected chi connectivity index (χ0v) is 9.66. The predicted octanol–water partition coefficient (Wildman–Crippen LogP) is 3.73. The predicted molar refractivity (Wildman–Crippen MR) is 64.0 cm³/mol. The number of aromatic nitrogens is 1. The fourth-order valence-corrected chi connectivity index (χ4v) is 1.77. The molecule has 0 saturated carbocycles. The molecule has 2 rings (SSSR count). The average molecular weight is 250 g/mol. The first kappa shape index (κ1) is 9.66. The van der Waals surface area contributed by atoms with Gasteiger partial charge in [0.05, 0.1) is 5.52 Å². The Bertz CT molecular complexity index is 439. The Kier molecular flexibility index (Phi) is 2.82. The molecule has 0 amide bonds. The molecule has 0 N–H and O–H groups in total. The molecule has 0 aliphatic rings. The van der Waals surface area contributed by atoms with Crippen LogP contribution in [0.4, 0.5) is 0 Å². The third-order valence-corrected chi connectivity index (χ3v) is 3.33. The van der Waals surface area contributed by atoms with Crippen molar-refractivity contribution in [1.29, 1.82) is 0 Å². The van der Waals surface area contributed by atoms with E-state index in [4.69, 9.17) is 0 Å². The molecule has 0 saturated heterocycles. The molecule has 0 fully saturated rings. The van der Waals surface area contributed by atoms with E-state index in [1.165, 1.54) is 5.39 Å². The molecule has 0 spiro atoms. The average Bonchev–Trinajstić information content (AvgIpc) is 2.27. The Hall–Kier alpha value is -0.890. The molecule has 2 heteroatoms. The van der Waals surface area contributed by atoms with Crippen LogP contribution in [0.5, 0.6) is 0 Å². The van der Waals surface area contributed by atoms with Gasteiger partial charge in [-0.2, -0.15) is 0 Å². The minimum absolute atomic E-state index is 0.472. The Morgan fingerprint density at radius 2 is 2.00 bits per heavy atom. The molecule has 0 bridgehead atoms. The van der Waals surface area contributed by atoms with Crippen LogP contribution >= 0.6 is 15.9 Å². The lowest BCUT2D eigenvalue weighted by molar-refractivity contribution is 0.849. The number of fused-ring (bicyclic) bond motifs is 1. The van der Waals surface area contributed by atoms with E-state index in [9.17, 15) is 0 Å². The Morgan fingerprint density at radius 3 is 2.79 bits per heavy atom. The number of hydrogen-bond donors (Lipinski definition) is 0. The maximum atomic E-state index is 4.62. The second kappa shape index (κ2) is 4.09. The number of hydrogen-bond acceptors (Lipinski definition) is 1. The van der Waals surface area contributed by atoms with E-state index < -0.39 is 0 Å². The number of alkyl halides is 1. The van der Waals surface area contributed by atoms with E-state index in [-0.39, 0.29) is 0 Å². The quantitative estimate of drug-likeness (QED) is 0.740. The fourth-order valence-electron chi connectivity index (χ4n) is 1.44. The van der Waals surface area contributed by atoms with E-state index in [0.717, 1.165) is 16.5 Å². The van der Waals surface area contributed by atoms with Crippen LogP contribution < -0.4 is 0 Å². The summed E-state index contributed by atoms with van der Waals surface area (Å²) in [5.41, 5.74) is 2.23. The first-order valence-corrected chi connectivity index (χ1v) is 5.85. The van der Waals surface area contributed by atoms with Crippen molar-refractivity contribution in [1.82, 2.24) is 4.98 Å². The summed E-state index contributed by atoms with van der Waals surface area (Å²) in [6.45, 7) is 2.17. The van der Waals surface area contributed by atoms with E-state index >= 15 is 0 Å². The fraction of sp³-hybridized carbons (Fsp3) is 0.250. The van der Waals surface area contributed by atoms with Crippen molar-refractivity contribution in [2.24, 2.45) is 0 Å². The zero-order valence-electron chi connectivity index (χ0n) is 8.07. The summed E-state index contributed by atoms with van der Waals surface area (Å²) in [6, 6.07) is 12.4. The topological polar surface area (TPSA) is 12.9 Å². The van der Waals surface area contributed by atoms with Crippen molar-refractivity contribution in [2.75, 3.05) is 5.33 Å². The molecule has 1 atom stereocenters. The molecule has 1 heterocycles. The second-order valence-corrected chi connectivity index (χ2v) is 4.13. The second-order valence-electron chi connectivity index (χ2n) is 3.48. The van der Waals surface area contributed by atoms with Crippen LogP contribution in [0.15, 0.2) is 36.4 Å². The molecule has 0 aliphatic carbocycles. The van der Waals surface area contributed by atoms with Gasteiger partial charge in [0.25, 0.3) is 0 Å². The van der Waals surface area contributed by atoms with Crippen LogP contribution in [0.1, 0.15) is 18.5 Å². The first-order chi connectivity index (χ1) is 6.81. The number of benzene rings is 1. The summed E-state index contributed by atoms with van der Waals surface area (Å²) >= 11 is 3.48. The lowest BCUT2D eigenvalue weighted by Gasteiger charge is -2.07. The van der Waals surface area contributed by atoms with Gasteiger partial charge in [0.2, 0.25) is 0 Å². The van der Waals surface area contributed by atoms with E-state index in [2.05, 4.69) is 52.1 Å². The van der Waals surface area contributed by atoms with Gasteiger partial charge in [-0.1, -0.05) is 47.1 Å². The maximum absolute atomic E-state index is 4.62. The van der Waals surface area contributed by atoms with Crippen molar-refractivity contribution in [2.45, 2.75) is 12.8 Å². The summed E-state index contributed by atoms with van der Waals surface area (Å²) in [7, 11) is 0. The summed E-state index contributed by atoms with van der Waals surface area (Å²) in [5.74, 6) is 0.472. The highest BCUT2D eigenvalue weighted by molar-refractivity contribution is 9.09. The highest BCUT2D eigenvalue weighted by atomic mass is 79.9. The molecule has 0 radical (unpaired) electrons. The van der Waals surface area contributed by atoms with Crippen LogP contribution in [0.3, 0.4) is 0 Å². The maximum Gasteiger partial charge on any atom is 0.0705 e. The van der Waals surface area contributed by atoms with E-state index in [1.807, 2.05) is 12.1 Å². The van der Waals surface area contributed by atoms with Gasteiger partial charge in [-0.05, 0) is 12.1 Å². The van der Waals surface area contributed by atoms with Crippen LogP contribution in [-0.4, -0.2) is 10.3 Å². The largest absolute Gasteiger partial charge is 0.253 e. The number of para-hydroxylation sites is 1. The van der Waals surface area contributed by atoms with Gasteiger partial charge < -0.3 is 0 Å². The van der Waals surface area contributed by atoms with Crippen molar-refractivity contribution in [3.8, 4) is 0 Å². The van der Waals surface area contributed by atoms with Crippen LogP contribution in [0.2, 0.25) is 0 Å². The lowest BCUT2D eigenvalue weighted by Crippen LogP contribution is -1.97. The first-order valence-electron chi connectivity index (χ1n) is 4.73. The summed E-state index contributed by atoms with van der Waals surface area (Å²) < 4.78 is 0. The smallest absolute Gasteiger partial charge is 0.0705 e. The van der Waals surface area contributed by atoms with E-state index in [0.29, 0.717) is 5.92 Å². The van der Waals surface area contributed by atoms with Crippen molar-refractivity contribution in [3.05, 3.63) is 42.1 Å². The third-order valence-electron chi connectivity index (χ3n) is 2.36. The summed E-state index contributed by atoms with van der Waals surface area (Å²) in [4.78, 5) is 4.62. The van der Waals surface area contributed by atoms with Crippen molar-refractivity contribution in [3.63, 3.8) is 0 Å². The van der Waals surface area contributed by atoms with Crippen molar-refractivity contribution >= 4 is 26.8 Å². The SMILES string of the molecule is CC(CBr)c1ccc2ccccc2n1. The number of rotatable bonds is 2. The highest BCUT2D eigenvalue weighted by Crippen LogP contribution is 2.19. The van der Waals surface area contributed by atoms with Gasteiger partial charge in [-0.3, -0.25) is 4.98 Å². The van der Waals surface area contributed by atoms with Crippen LogP contribution in [0, 0.1) is 0 Å². The standard InChI is InChI=1S/C12H12BrN/c1-9(8-13)11-7-6-10-4-2-3-5-12(10)14-11/h2-7,9H,8H2,1H3. The van der Waals surface area contributed by atoms with Crippen molar-refractivity contribution < 1.29 is 0 Å². The molecule has 14 heavy (non-hydrogen) atoms. The molecule has 1 aromatic heterocycles. The summed E-state index contributed by atoms with van der Waals surface area (Å²) in [5, 5.41) is 2.16. The van der Waals surface area contributed by atoms with Gasteiger partial charge in [-0.15, -0.1) is 0 Å². The molecule has 0 aliphatic heterocycles. The molecule has 2 aromatic rings. The van der Waals surface area contributed by atoms with Crippen LogP contribution in [0.25, 0.3) is 10.9 Å². The normalized spacial score (nSPS) is 13.0.